The van der Waals surface area contributed by atoms with Gasteiger partial charge in [0.15, 0.2) is 0 Å². The summed E-state index contributed by atoms with van der Waals surface area (Å²) in [5.74, 6) is 0.516. The van der Waals surface area contributed by atoms with Crippen LogP contribution in [0.2, 0.25) is 0 Å². The van der Waals surface area contributed by atoms with Crippen molar-refractivity contribution < 1.29 is 9.53 Å². The lowest BCUT2D eigenvalue weighted by molar-refractivity contribution is 0.0154. The highest BCUT2D eigenvalue weighted by Crippen LogP contribution is 2.35. The van der Waals surface area contributed by atoms with E-state index >= 15 is 0 Å². The zero-order valence-electron chi connectivity index (χ0n) is 15.0. The number of aromatic nitrogens is 3. The second-order valence-electron chi connectivity index (χ2n) is 7.58. The van der Waals surface area contributed by atoms with E-state index in [9.17, 15) is 4.79 Å². The number of amides is 1. The minimum atomic E-state index is -0.475. The summed E-state index contributed by atoms with van der Waals surface area (Å²) in [5.41, 5.74) is 2.17. The number of hydrogen-bond acceptors (Lipinski definition) is 5. The maximum absolute atomic E-state index is 12.3. The molecule has 7 heteroatoms. The third-order valence-electron chi connectivity index (χ3n) is 4.38. The molecule has 2 unspecified atom stereocenters. The number of likely N-dealkylation sites (tertiary alicyclic amines) is 1. The average molecular weight is 407 g/mol. The smallest absolute Gasteiger partial charge is 0.410 e. The van der Waals surface area contributed by atoms with Crippen LogP contribution in [0.4, 0.5) is 4.79 Å². The van der Waals surface area contributed by atoms with Crippen molar-refractivity contribution in [3.63, 3.8) is 0 Å². The first-order chi connectivity index (χ1) is 11.7. The van der Waals surface area contributed by atoms with E-state index < -0.39 is 5.60 Å². The van der Waals surface area contributed by atoms with E-state index in [-0.39, 0.29) is 17.9 Å². The Kier molecular flexibility index (Phi) is 4.95. The highest BCUT2D eigenvalue weighted by molar-refractivity contribution is 9.10. The van der Waals surface area contributed by atoms with Crippen LogP contribution in [0, 0.1) is 5.92 Å². The van der Waals surface area contributed by atoms with Gasteiger partial charge in [-0.2, -0.15) is 0 Å². The van der Waals surface area contributed by atoms with Crippen molar-refractivity contribution in [1.29, 1.82) is 0 Å². The normalized spacial score (nSPS) is 21.4. The maximum atomic E-state index is 12.3. The molecule has 6 nitrogen and oxygen atoms in total. The van der Waals surface area contributed by atoms with Gasteiger partial charge in [-0.3, -0.25) is 4.98 Å². The van der Waals surface area contributed by atoms with Crippen molar-refractivity contribution in [2.24, 2.45) is 5.92 Å². The third kappa shape index (κ3) is 4.08. The average Bonchev–Trinajstić information content (AvgIpc) is 2.52. The van der Waals surface area contributed by atoms with Gasteiger partial charge in [0.1, 0.15) is 17.4 Å². The lowest BCUT2D eigenvalue weighted by Crippen LogP contribution is -2.44. The first-order valence-electron chi connectivity index (χ1n) is 8.48. The Morgan fingerprint density at radius 1 is 1.32 bits per heavy atom. The van der Waals surface area contributed by atoms with Crippen molar-refractivity contribution in [3.8, 4) is 0 Å². The quantitative estimate of drug-likeness (QED) is 0.711. The fraction of sp³-hybridized carbons (Fsp3) is 0.556. The Labute approximate surface area is 156 Å². The Morgan fingerprint density at radius 2 is 2.08 bits per heavy atom. The van der Waals surface area contributed by atoms with E-state index in [0.717, 1.165) is 27.6 Å². The van der Waals surface area contributed by atoms with Gasteiger partial charge in [0, 0.05) is 29.7 Å². The molecule has 134 valence electrons. The Hall–Kier alpha value is -1.76. The zero-order chi connectivity index (χ0) is 18.2. The minimum absolute atomic E-state index is 0.243. The lowest BCUT2D eigenvalue weighted by Gasteiger charge is -2.37. The molecular formula is C18H23BrN4O2. The Bertz CT molecular complexity index is 790. The monoisotopic (exact) mass is 406 g/mol. The summed E-state index contributed by atoms with van der Waals surface area (Å²) in [6, 6.07) is 1.95. The van der Waals surface area contributed by atoms with Gasteiger partial charge in [0.2, 0.25) is 0 Å². The minimum Gasteiger partial charge on any atom is -0.444 e. The van der Waals surface area contributed by atoms with Crippen LogP contribution in [-0.4, -0.2) is 44.6 Å². The molecule has 1 aliphatic heterocycles. The predicted octanol–water partition coefficient (Wildman–Crippen LogP) is 4.15. The molecule has 2 atom stereocenters. The van der Waals surface area contributed by atoms with Crippen molar-refractivity contribution in [1.82, 2.24) is 19.9 Å². The maximum Gasteiger partial charge on any atom is 0.410 e. The van der Waals surface area contributed by atoms with Crippen LogP contribution in [0.1, 0.15) is 45.7 Å². The Balaban J connectivity index is 1.79. The summed E-state index contributed by atoms with van der Waals surface area (Å²) in [6.45, 7) is 9.12. The van der Waals surface area contributed by atoms with Crippen molar-refractivity contribution in [2.75, 3.05) is 13.1 Å². The molecule has 0 saturated carbocycles. The van der Waals surface area contributed by atoms with Crippen molar-refractivity contribution in [2.45, 2.75) is 45.6 Å². The van der Waals surface area contributed by atoms with Gasteiger partial charge in [-0.25, -0.2) is 14.8 Å². The second kappa shape index (κ2) is 6.86. The van der Waals surface area contributed by atoms with Crippen LogP contribution in [0.3, 0.4) is 0 Å². The highest BCUT2D eigenvalue weighted by Gasteiger charge is 2.33. The van der Waals surface area contributed by atoms with E-state index in [1.54, 1.807) is 17.4 Å². The largest absolute Gasteiger partial charge is 0.444 e. The molecule has 3 rings (SSSR count). The van der Waals surface area contributed by atoms with Crippen LogP contribution in [0.25, 0.3) is 11.0 Å². The number of rotatable bonds is 1. The van der Waals surface area contributed by atoms with Gasteiger partial charge in [-0.1, -0.05) is 6.92 Å². The van der Waals surface area contributed by atoms with Gasteiger partial charge in [-0.05, 0) is 55.1 Å². The van der Waals surface area contributed by atoms with Gasteiger partial charge in [0.05, 0.1) is 11.2 Å². The van der Waals surface area contributed by atoms with E-state index in [1.807, 2.05) is 26.8 Å². The number of hydrogen-bond donors (Lipinski definition) is 0. The SMILES string of the molecule is CC1CN(C(=O)OC(C)(C)C)CCC1c1ncnc2cc(Br)cnc12. The number of pyridine rings is 1. The molecule has 3 heterocycles. The number of ether oxygens (including phenoxy) is 1. The summed E-state index contributed by atoms with van der Waals surface area (Å²) < 4.78 is 6.39. The van der Waals surface area contributed by atoms with Crippen LogP contribution in [0.15, 0.2) is 23.1 Å². The molecule has 0 bridgehead atoms. The van der Waals surface area contributed by atoms with Crippen molar-refractivity contribution in [3.05, 3.63) is 28.8 Å². The van der Waals surface area contributed by atoms with Crippen LogP contribution in [0.5, 0.6) is 0 Å². The number of halogens is 1. The number of carbonyl (C=O) groups excluding carboxylic acids is 1. The van der Waals surface area contributed by atoms with Crippen LogP contribution >= 0.6 is 15.9 Å². The molecule has 25 heavy (non-hydrogen) atoms. The number of carbonyl (C=O) groups is 1. The molecule has 0 spiro atoms. The molecule has 1 aliphatic rings. The van der Waals surface area contributed by atoms with Gasteiger partial charge >= 0.3 is 6.09 Å². The predicted molar refractivity (Wildman–Crippen MR) is 99.4 cm³/mol. The van der Waals surface area contributed by atoms with Crippen LogP contribution < -0.4 is 0 Å². The molecule has 0 N–H and O–H groups in total. The second-order valence-corrected chi connectivity index (χ2v) is 8.49. The first-order valence-corrected chi connectivity index (χ1v) is 9.28. The summed E-state index contributed by atoms with van der Waals surface area (Å²) in [6.07, 6.45) is 3.96. The molecule has 1 amide bonds. The molecule has 2 aromatic rings. The number of fused-ring (bicyclic) bond motifs is 1. The lowest BCUT2D eigenvalue weighted by atomic mass is 9.84. The molecule has 0 radical (unpaired) electrons. The molecule has 0 aromatic carbocycles. The molecular weight excluding hydrogens is 384 g/mol. The fourth-order valence-electron chi connectivity index (χ4n) is 3.25. The van der Waals surface area contributed by atoms with E-state index in [0.29, 0.717) is 13.1 Å². The standard InChI is InChI=1S/C18H23BrN4O2/c1-11-9-23(17(24)25-18(2,3)4)6-5-13(11)15-16-14(21-10-22-15)7-12(19)8-20-16/h7-8,10-11,13H,5-6,9H2,1-4H3. The van der Waals surface area contributed by atoms with E-state index in [4.69, 9.17) is 4.74 Å². The van der Waals surface area contributed by atoms with E-state index in [1.165, 1.54) is 0 Å². The fourth-order valence-corrected chi connectivity index (χ4v) is 3.57. The number of piperidine rings is 1. The first kappa shape index (κ1) is 18.0. The summed E-state index contributed by atoms with van der Waals surface area (Å²) in [5, 5.41) is 0. The van der Waals surface area contributed by atoms with Crippen LogP contribution in [-0.2, 0) is 4.74 Å². The summed E-state index contributed by atoms with van der Waals surface area (Å²) in [7, 11) is 0. The van der Waals surface area contributed by atoms with Crippen molar-refractivity contribution >= 4 is 33.1 Å². The number of nitrogens with zero attached hydrogens (tertiary/aromatic N) is 4. The zero-order valence-corrected chi connectivity index (χ0v) is 16.6. The van der Waals surface area contributed by atoms with E-state index in [2.05, 4.69) is 37.8 Å². The highest BCUT2D eigenvalue weighted by atomic mass is 79.9. The molecule has 1 saturated heterocycles. The Morgan fingerprint density at radius 3 is 2.76 bits per heavy atom. The topological polar surface area (TPSA) is 68.2 Å². The summed E-state index contributed by atoms with van der Waals surface area (Å²) >= 11 is 3.43. The molecule has 2 aromatic heterocycles. The van der Waals surface area contributed by atoms with Gasteiger partial charge < -0.3 is 9.64 Å². The van der Waals surface area contributed by atoms with Gasteiger partial charge in [-0.15, -0.1) is 0 Å². The molecule has 1 fully saturated rings. The van der Waals surface area contributed by atoms with Gasteiger partial charge in [0.25, 0.3) is 0 Å². The summed E-state index contributed by atoms with van der Waals surface area (Å²) in [4.78, 5) is 27.5. The third-order valence-corrected chi connectivity index (χ3v) is 4.81. The molecule has 0 aliphatic carbocycles.